The number of nitrogens with zero attached hydrogens (tertiary/aromatic N) is 1. The number of carbonyl (C=O) groups excluding carboxylic acids is 1. The number of aromatic amines is 1. The number of benzene rings is 1. The Hall–Kier alpha value is -2.30. The molecule has 0 bridgehead atoms. The van der Waals surface area contributed by atoms with Gasteiger partial charge in [-0.2, -0.15) is 5.10 Å². The van der Waals surface area contributed by atoms with Crippen LogP contribution in [0.25, 0.3) is 11.3 Å². The molecule has 2 aliphatic rings. The highest BCUT2D eigenvalue weighted by atomic mass is 16.1. The first-order valence-corrected chi connectivity index (χ1v) is 8.77. The lowest BCUT2D eigenvalue weighted by Crippen LogP contribution is -2.37. The highest BCUT2D eigenvalue weighted by molar-refractivity contribution is 5.73. The Labute approximate surface area is 143 Å². The van der Waals surface area contributed by atoms with E-state index in [1.54, 1.807) is 0 Å². The van der Waals surface area contributed by atoms with E-state index in [0.29, 0.717) is 6.04 Å². The van der Waals surface area contributed by atoms with Crippen molar-refractivity contribution in [1.29, 1.82) is 0 Å². The molecule has 1 amide bonds. The molecule has 24 heavy (non-hydrogen) atoms. The van der Waals surface area contributed by atoms with Crippen molar-refractivity contribution < 1.29 is 4.79 Å². The lowest BCUT2D eigenvalue weighted by Gasteiger charge is -2.47. The van der Waals surface area contributed by atoms with E-state index in [4.69, 9.17) is 4.79 Å². The maximum absolute atomic E-state index is 8.58. The van der Waals surface area contributed by atoms with Gasteiger partial charge in [0.25, 0.3) is 0 Å². The summed E-state index contributed by atoms with van der Waals surface area (Å²) in [6.45, 7) is 0. The summed E-state index contributed by atoms with van der Waals surface area (Å²) in [5.41, 5.74) is 8.36. The molecule has 1 aromatic carbocycles. The number of nitrogens with two attached hydrogens (primary N) is 1. The van der Waals surface area contributed by atoms with Crippen molar-refractivity contribution in [2.45, 2.75) is 51.0 Å². The fourth-order valence-electron chi connectivity index (χ4n) is 3.99. The Balaban J connectivity index is 0.000000526. The van der Waals surface area contributed by atoms with Gasteiger partial charge in [-0.1, -0.05) is 36.8 Å². The molecule has 0 saturated heterocycles. The quantitative estimate of drug-likeness (QED) is 0.752. The van der Waals surface area contributed by atoms with Crippen molar-refractivity contribution in [3.8, 4) is 11.3 Å². The molecular formula is C19H26N4O. The molecule has 0 atom stereocenters. The normalized spacial score (nSPS) is 19.0. The van der Waals surface area contributed by atoms with Gasteiger partial charge in [0.2, 0.25) is 6.41 Å². The van der Waals surface area contributed by atoms with Gasteiger partial charge in [0, 0.05) is 11.6 Å². The van der Waals surface area contributed by atoms with Crippen LogP contribution in [-0.4, -0.2) is 22.6 Å². The smallest absolute Gasteiger partial charge is 0.204 e. The molecule has 0 radical (unpaired) electrons. The summed E-state index contributed by atoms with van der Waals surface area (Å²) in [5.74, 6) is 0. The van der Waals surface area contributed by atoms with Gasteiger partial charge in [0.05, 0.1) is 17.6 Å². The molecule has 128 valence electrons. The second-order valence-corrected chi connectivity index (χ2v) is 6.93. The van der Waals surface area contributed by atoms with Gasteiger partial charge >= 0.3 is 0 Å². The molecule has 5 heteroatoms. The van der Waals surface area contributed by atoms with Crippen molar-refractivity contribution in [3.05, 3.63) is 36.5 Å². The van der Waals surface area contributed by atoms with Crippen molar-refractivity contribution in [1.82, 2.24) is 10.2 Å². The predicted octanol–water partition coefficient (Wildman–Crippen LogP) is 3.70. The molecule has 2 aromatic rings. The van der Waals surface area contributed by atoms with Gasteiger partial charge in [-0.25, -0.2) is 0 Å². The SMILES string of the molecule is NC=O.c1ccc(-c2[nH]ncc2NC2CCC3(CCC3)CC2)cc1. The second kappa shape index (κ2) is 7.51. The Kier molecular flexibility index (Phi) is 5.18. The zero-order valence-electron chi connectivity index (χ0n) is 14.0. The lowest BCUT2D eigenvalue weighted by atomic mass is 9.60. The number of carbonyl (C=O) groups is 1. The Morgan fingerprint density at radius 3 is 2.42 bits per heavy atom. The van der Waals surface area contributed by atoms with Gasteiger partial charge in [0.15, 0.2) is 0 Å². The van der Waals surface area contributed by atoms with Gasteiger partial charge in [-0.3, -0.25) is 9.89 Å². The number of hydrogen-bond acceptors (Lipinski definition) is 3. The summed E-state index contributed by atoms with van der Waals surface area (Å²) in [6, 6.07) is 11.1. The largest absolute Gasteiger partial charge is 0.379 e. The van der Waals surface area contributed by atoms with Gasteiger partial charge < -0.3 is 11.1 Å². The van der Waals surface area contributed by atoms with E-state index >= 15 is 0 Å². The number of rotatable bonds is 3. The lowest BCUT2D eigenvalue weighted by molar-refractivity contribution is -0.106. The van der Waals surface area contributed by atoms with Crippen LogP contribution in [0, 0.1) is 5.41 Å². The van der Waals surface area contributed by atoms with Gasteiger partial charge in [-0.15, -0.1) is 0 Å². The summed E-state index contributed by atoms with van der Waals surface area (Å²) in [6.07, 6.45) is 12.0. The number of H-pyrrole nitrogens is 1. The fraction of sp³-hybridized carbons (Fsp3) is 0.474. The van der Waals surface area contributed by atoms with E-state index < -0.39 is 0 Å². The van der Waals surface area contributed by atoms with Crippen LogP contribution in [0.3, 0.4) is 0 Å². The summed E-state index contributed by atoms with van der Waals surface area (Å²) < 4.78 is 0. The van der Waals surface area contributed by atoms with E-state index in [1.165, 1.54) is 50.5 Å². The number of nitrogens with one attached hydrogen (secondary N) is 2. The highest BCUT2D eigenvalue weighted by Gasteiger charge is 2.39. The average molecular weight is 326 g/mol. The molecular weight excluding hydrogens is 300 g/mol. The highest BCUT2D eigenvalue weighted by Crippen LogP contribution is 2.51. The van der Waals surface area contributed by atoms with E-state index in [1.807, 2.05) is 12.3 Å². The predicted molar refractivity (Wildman–Crippen MR) is 96.4 cm³/mol. The van der Waals surface area contributed by atoms with Crippen molar-refractivity contribution in [3.63, 3.8) is 0 Å². The fourth-order valence-corrected chi connectivity index (χ4v) is 3.99. The van der Waals surface area contributed by atoms with Crippen LogP contribution in [0.2, 0.25) is 0 Å². The van der Waals surface area contributed by atoms with Crippen LogP contribution in [0.4, 0.5) is 5.69 Å². The molecule has 0 aliphatic heterocycles. The van der Waals surface area contributed by atoms with Crippen molar-refractivity contribution in [2.24, 2.45) is 11.1 Å². The van der Waals surface area contributed by atoms with Gasteiger partial charge in [0.1, 0.15) is 0 Å². The first kappa shape index (κ1) is 16.6. The zero-order chi connectivity index (χ0) is 16.8. The minimum Gasteiger partial charge on any atom is -0.379 e. The molecule has 2 fully saturated rings. The zero-order valence-corrected chi connectivity index (χ0v) is 14.0. The topological polar surface area (TPSA) is 83.8 Å². The molecule has 4 N–H and O–H groups in total. The second-order valence-electron chi connectivity index (χ2n) is 6.93. The first-order chi connectivity index (χ1) is 11.8. The van der Waals surface area contributed by atoms with Crippen LogP contribution in [0.15, 0.2) is 36.5 Å². The average Bonchev–Trinajstić information content (AvgIpc) is 3.04. The van der Waals surface area contributed by atoms with E-state index in [9.17, 15) is 0 Å². The summed E-state index contributed by atoms with van der Waals surface area (Å²) in [5, 5.41) is 11.1. The third-order valence-electron chi connectivity index (χ3n) is 5.52. The minimum atomic E-state index is 0.250. The van der Waals surface area contributed by atoms with Crippen LogP contribution < -0.4 is 11.1 Å². The molecule has 1 aromatic heterocycles. The third-order valence-corrected chi connectivity index (χ3v) is 5.52. The molecule has 1 spiro atoms. The summed E-state index contributed by atoms with van der Waals surface area (Å²) in [4.78, 5) is 8.58. The molecule has 4 rings (SSSR count). The maximum Gasteiger partial charge on any atom is 0.204 e. The minimum absolute atomic E-state index is 0.250. The third kappa shape index (κ3) is 3.61. The van der Waals surface area contributed by atoms with Crippen LogP contribution in [-0.2, 0) is 4.79 Å². The Bertz CT molecular complexity index is 638. The number of hydrogen-bond donors (Lipinski definition) is 3. The molecule has 0 unspecified atom stereocenters. The number of primary amides is 1. The number of amides is 1. The van der Waals surface area contributed by atoms with Crippen LogP contribution in [0.5, 0.6) is 0 Å². The standard InChI is InChI=1S/C18H23N3.CH3NO/c1-2-5-14(6-3-1)17-16(13-19-21-17)20-15-7-11-18(12-8-15)9-4-10-18;2-1-3/h1-3,5-6,13,15,20H,4,7-12H2,(H,19,21);1H,(H2,2,3). The number of anilines is 1. The maximum atomic E-state index is 8.58. The molecule has 5 nitrogen and oxygen atoms in total. The number of aromatic nitrogens is 2. The van der Waals surface area contributed by atoms with Crippen LogP contribution in [0.1, 0.15) is 44.9 Å². The van der Waals surface area contributed by atoms with E-state index in [2.05, 4.69) is 45.5 Å². The van der Waals surface area contributed by atoms with Crippen molar-refractivity contribution in [2.75, 3.05) is 5.32 Å². The van der Waals surface area contributed by atoms with E-state index in [-0.39, 0.29) is 6.41 Å². The van der Waals surface area contributed by atoms with Crippen LogP contribution >= 0.6 is 0 Å². The van der Waals surface area contributed by atoms with E-state index in [0.717, 1.165) is 16.8 Å². The Morgan fingerprint density at radius 1 is 1.17 bits per heavy atom. The van der Waals surface area contributed by atoms with Gasteiger partial charge in [-0.05, 0) is 43.9 Å². The summed E-state index contributed by atoms with van der Waals surface area (Å²) >= 11 is 0. The molecule has 2 aliphatic carbocycles. The Morgan fingerprint density at radius 2 is 1.83 bits per heavy atom. The van der Waals surface area contributed by atoms with Crippen molar-refractivity contribution >= 4 is 12.1 Å². The molecule has 2 saturated carbocycles. The first-order valence-electron chi connectivity index (χ1n) is 8.77. The molecule has 1 heterocycles. The summed E-state index contributed by atoms with van der Waals surface area (Å²) in [7, 11) is 0. The monoisotopic (exact) mass is 326 g/mol.